The molecule has 21 heavy (non-hydrogen) atoms. The maximum atomic E-state index is 11.1. The second kappa shape index (κ2) is 7.40. The smallest absolute Gasteiger partial charge is 0.404 e. The number of rotatable bonds is 9. The molecular weight excluding hydrogens is 292 g/mol. The third kappa shape index (κ3) is 6.05. The molecule has 0 fully saturated rings. The maximum Gasteiger partial charge on any atom is 0.404 e. The zero-order valence-electron chi connectivity index (χ0n) is 10.9. The largest absolute Gasteiger partial charge is 0.481 e. The minimum absolute atomic E-state index is 0.819. The average Bonchev–Trinajstić information content (AvgIpc) is 2.25. The molecule has 0 aliphatic carbocycles. The van der Waals surface area contributed by atoms with Crippen molar-refractivity contribution in [1.29, 1.82) is 0 Å². The van der Waals surface area contributed by atoms with Crippen molar-refractivity contribution in [2.75, 3.05) is 6.54 Å². The van der Waals surface area contributed by atoms with Crippen LogP contribution in [0, 0.1) is 0 Å². The van der Waals surface area contributed by atoms with Crippen LogP contribution < -0.4 is 10.6 Å². The summed E-state index contributed by atoms with van der Waals surface area (Å²) in [7, 11) is 0. The van der Waals surface area contributed by atoms with Crippen molar-refractivity contribution in [3.05, 3.63) is 0 Å². The number of carboxylic acid groups (broad SMARTS) is 4. The molecule has 0 bridgehead atoms. The van der Waals surface area contributed by atoms with Gasteiger partial charge in [0.15, 0.2) is 0 Å². The van der Waals surface area contributed by atoms with Gasteiger partial charge in [0.25, 0.3) is 0 Å². The first-order chi connectivity index (χ1) is 9.48. The fourth-order valence-corrected chi connectivity index (χ4v) is 1.66. The highest BCUT2D eigenvalue weighted by atomic mass is 16.4. The third-order valence-corrected chi connectivity index (χ3v) is 2.67. The van der Waals surface area contributed by atoms with Gasteiger partial charge >= 0.3 is 24.0 Å². The van der Waals surface area contributed by atoms with Crippen LogP contribution in [0.5, 0.6) is 0 Å². The number of carboxylic acids is 3. The minimum Gasteiger partial charge on any atom is -0.481 e. The highest BCUT2D eigenvalue weighted by Gasteiger charge is 2.45. The lowest BCUT2D eigenvalue weighted by atomic mass is 9.86. The Morgan fingerprint density at radius 2 is 1.57 bits per heavy atom. The molecule has 11 nitrogen and oxygen atoms in total. The molecule has 0 radical (unpaired) electrons. The molecule has 0 saturated carbocycles. The number of hydrogen-bond donors (Lipinski definition) is 7. The topological polar surface area (TPSA) is 193 Å². The molecule has 0 aliphatic heterocycles. The van der Waals surface area contributed by atoms with Crippen LogP contribution in [0.15, 0.2) is 0 Å². The van der Waals surface area contributed by atoms with Crippen molar-refractivity contribution in [3.63, 3.8) is 0 Å². The van der Waals surface area contributed by atoms with Gasteiger partial charge < -0.3 is 30.8 Å². The summed E-state index contributed by atoms with van der Waals surface area (Å²) < 4.78 is 0. The van der Waals surface area contributed by atoms with Crippen LogP contribution in [0.4, 0.5) is 4.79 Å². The van der Waals surface area contributed by atoms with Gasteiger partial charge in [-0.3, -0.25) is 19.7 Å². The Balaban J connectivity index is 5.33. The third-order valence-electron chi connectivity index (χ3n) is 2.67. The second-order valence-electron chi connectivity index (χ2n) is 4.37. The first kappa shape index (κ1) is 18.6. The van der Waals surface area contributed by atoms with Crippen LogP contribution in [-0.2, 0) is 14.4 Å². The van der Waals surface area contributed by atoms with Crippen LogP contribution in [0.25, 0.3) is 0 Å². The van der Waals surface area contributed by atoms with Gasteiger partial charge in [-0.15, -0.1) is 0 Å². The molecule has 120 valence electrons. The molecule has 1 amide bonds. The molecule has 0 aromatic heterocycles. The van der Waals surface area contributed by atoms with Gasteiger partial charge in [-0.2, -0.15) is 0 Å². The predicted molar refractivity (Wildman–Crippen MR) is 64.9 cm³/mol. The standard InChI is InChI=1S/C10H16N2O9/c1-10(21,4(2-5(13)14)12-9(19)20)7(8(17)18)11-3-6(15)16/h4,7,11-12,21H,2-3H2,1H3,(H,13,14)(H,15,16)(H,17,18)(H,19,20). The Bertz CT molecular complexity index is 418. The molecule has 0 spiro atoms. The molecule has 0 rings (SSSR count). The lowest BCUT2D eigenvalue weighted by Gasteiger charge is -2.36. The van der Waals surface area contributed by atoms with E-state index in [1.165, 1.54) is 0 Å². The van der Waals surface area contributed by atoms with Gasteiger partial charge in [-0.1, -0.05) is 0 Å². The normalized spacial score (nSPS) is 16.3. The summed E-state index contributed by atoms with van der Waals surface area (Å²) in [6.45, 7) is 0.0736. The highest BCUT2D eigenvalue weighted by molar-refractivity contribution is 5.78. The number of amides is 1. The monoisotopic (exact) mass is 308 g/mol. The van der Waals surface area contributed by atoms with Crippen LogP contribution in [-0.4, -0.2) is 73.8 Å². The first-order valence-electron chi connectivity index (χ1n) is 5.60. The van der Waals surface area contributed by atoms with Crippen molar-refractivity contribution >= 4 is 24.0 Å². The van der Waals surface area contributed by atoms with E-state index in [0.29, 0.717) is 0 Å². The van der Waals surface area contributed by atoms with Gasteiger partial charge in [-0.25, -0.2) is 4.79 Å². The van der Waals surface area contributed by atoms with Crippen LogP contribution in [0.2, 0.25) is 0 Å². The molecule has 0 aliphatic rings. The summed E-state index contributed by atoms with van der Waals surface area (Å²) in [5, 5.41) is 48.7. The summed E-state index contributed by atoms with van der Waals surface area (Å²) in [4.78, 5) is 42.8. The predicted octanol–water partition coefficient (Wildman–Crippen LogP) is -2.02. The van der Waals surface area contributed by atoms with E-state index in [2.05, 4.69) is 0 Å². The minimum atomic E-state index is -2.39. The molecule has 7 N–H and O–H groups in total. The summed E-state index contributed by atoms with van der Waals surface area (Å²) in [6.07, 6.45) is -2.55. The lowest BCUT2D eigenvalue weighted by molar-refractivity contribution is -0.152. The summed E-state index contributed by atoms with van der Waals surface area (Å²) in [5.74, 6) is -4.54. The Kier molecular flexibility index (Phi) is 6.55. The zero-order chi connectivity index (χ0) is 16.8. The van der Waals surface area contributed by atoms with Crippen molar-refractivity contribution < 1.29 is 44.7 Å². The van der Waals surface area contributed by atoms with E-state index in [-0.39, 0.29) is 0 Å². The zero-order valence-corrected chi connectivity index (χ0v) is 10.9. The molecule has 0 aromatic carbocycles. The highest BCUT2D eigenvalue weighted by Crippen LogP contribution is 2.19. The number of carbonyl (C=O) groups is 4. The second-order valence-corrected chi connectivity index (χ2v) is 4.37. The van der Waals surface area contributed by atoms with E-state index in [4.69, 9.17) is 20.4 Å². The molecule has 0 aromatic rings. The van der Waals surface area contributed by atoms with E-state index < -0.39 is 54.7 Å². The molecular formula is C10H16N2O9. The molecule has 3 unspecified atom stereocenters. The Morgan fingerprint density at radius 3 is 1.90 bits per heavy atom. The van der Waals surface area contributed by atoms with Crippen LogP contribution in [0.1, 0.15) is 13.3 Å². The van der Waals surface area contributed by atoms with Gasteiger partial charge in [0.1, 0.15) is 11.6 Å². The van der Waals surface area contributed by atoms with E-state index in [1.54, 1.807) is 5.32 Å². The Labute approximate surface area is 118 Å². The number of aliphatic carboxylic acids is 3. The van der Waals surface area contributed by atoms with Crippen molar-refractivity contribution in [2.24, 2.45) is 0 Å². The van der Waals surface area contributed by atoms with Gasteiger partial charge in [0.05, 0.1) is 19.0 Å². The number of nitrogens with one attached hydrogen (secondary N) is 2. The summed E-state index contributed by atoms with van der Waals surface area (Å²) in [6, 6.07) is -3.57. The summed E-state index contributed by atoms with van der Waals surface area (Å²) in [5.41, 5.74) is -2.39. The van der Waals surface area contributed by atoms with Crippen molar-refractivity contribution in [1.82, 2.24) is 10.6 Å². The first-order valence-corrected chi connectivity index (χ1v) is 5.60. The Morgan fingerprint density at radius 1 is 1.05 bits per heavy atom. The van der Waals surface area contributed by atoms with Crippen molar-refractivity contribution in [2.45, 2.75) is 31.0 Å². The maximum absolute atomic E-state index is 11.1. The average molecular weight is 308 g/mol. The Hall–Kier alpha value is -2.40. The summed E-state index contributed by atoms with van der Waals surface area (Å²) >= 11 is 0. The van der Waals surface area contributed by atoms with Crippen molar-refractivity contribution in [3.8, 4) is 0 Å². The SMILES string of the molecule is CC(O)(C(CC(=O)O)NC(=O)O)C(NCC(=O)O)C(=O)O. The van der Waals surface area contributed by atoms with Gasteiger partial charge in [0.2, 0.25) is 0 Å². The molecule has 0 saturated heterocycles. The lowest BCUT2D eigenvalue weighted by Crippen LogP contribution is -2.64. The quantitative estimate of drug-likeness (QED) is 0.250. The van der Waals surface area contributed by atoms with Gasteiger partial charge in [-0.05, 0) is 6.92 Å². The van der Waals surface area contributed by atoms with Crippen LogP contribution >= 0.6 is 0 Å². The van der Waals surface area contributed by atoms with E-state index in [0.717, 1.165) is 6.92 Å². The number of hydrogen-bond acceptors (Lipinski definition) is 6. The van der Waals surface area contributed by atoms with Crippen LogP contribution in [0.3, 0.4) is 0 Å². The van der Waals surface area contributed by atoms with Gasteiger partial charge in [0, 0.05) is 0 Å². The van der Waals surface area contributed by atoms with E-state index in [1.807, 2.05) is 5.32 Å². The van der Waals surface area contributed by atoms with E-state index >= 15 is 0 Å². The fourth-order valence-electron chi connectivity index (χ4n) is 1.66. The fraction of sp³-hybridized carbons (Fsp3) is 0.600. The number of aliphatic hydroxyl groups is 1. The molecule has 11 heteroatoms. The van der Waals surface area contributed by atoms with E-state index in [9.17, 15) is 24.3 Å². The molecule has 0 heterocycles. The molecule has 3 atom stereocenters.